The van der Waals surface area contributed by atoms with Crippen LogP contribution in [0.15, 0.2) is 22.7 Å². The molecule has 0 aliphatic rings. The number of nitrogens with two attached hydrogens (primary N) is 1. The molecule has 0 bridgehead atoms. The Bertz CT molecular complexity index is 384. The summed E-state index contributed by atoms with van der Waals surface area (Å²) in [6.45, 7) is 0.462. The van der Waals surface area contributed by atoms with Crippen molar-refractivity contribution < 1.29 is 9.66 Å². The van der Waals surface area contributed by atoms with Crippen LogP contribution < -0.4 is 5.73 Å². The highest BCUT2D eigenvalue weighted by Crippen LogP contribution is 2.23. The van der Waals surface area contributed by atoms with Gasteiger partial charge >= 0.3 is 0 Å². The third kappa shape index (κ3) is 3.55. The molecule has 0 amide bonds. The number of methoxy groups -OCH3 is 1. The average Bonchev–Trinajstić information content (AvgIpc) is 2.21. The molecule has 1 aromatic carbocycles. The number of nitro benzene ring substituents is 1. The monoisotopic (exact) mass is 288 g/mol. The van der Waals surface area contributed by atoms with Gasteiger partial charge in [-0.05, 0) is 12.0 Å². The molecule has 0 saturated heterocycles. The van der Waals surface area contributed by atoms with Crippen molar-refractivity contribution in [3.63, 3.8) is 0 Å². The molecule has 0 aliphatic carbocycles. The lowest BCUT2D eigenvalue weighted by atomic mass is 10.1. The Hall–Kier alpha value is -0.980. The average molecular weight is 289 g/mol. The van der Waals surface area contributed by atoms with Crippen LogP contribution in [-0.4, -0.2) is 24.7 Å². The summed E-state index contributed by atoms with van der Waals surface area (Å²) in [6.07, 6.45) is 0.617. The van der Waals surface area contributed by atoms with E-state index in [9.17, 15) is 10.1 Å². The fourth-order valence-corrected chi connectivity index (χ4v) is 1.90. The summed E-state index contributed by atoms with van der Waals surface area (Å²) in [6, 6.07) is 4.55. The SMILES string of the molecule is COCC(N)Cc1ccc([N+](=O)[O-])cc1Br. The van der Waals surface area contributed by atoms with Gasteiger partial charge in [0.25, 0.3) is 5.69 Å². The zero-order chi connectivity index (χ0) is 12.1. The molecule has 2 N–H and O–H groups in total. The number of nitrogens with zero attached hydrogens (tertiary/aromatic N) is 1. The molecule has 16 heavy (non-hydrogen) atoms. The topological polar surface area (TPSA) is 78.4 Å². The second-order valence-electron chi connectivity index (χ2n) is 3.45. The van der Waals surface area contributed by atoms with Gasteiger partial charge < -0.3 is 10.5 Å². The van der Waals surface area contributed by atoms with Crippen molar-refractivity contribution in [3.8, 4) is 0 Å². The third-order valence-corrected chi connectivity index (χ3v) is 2.85. The quantitative estimate of drug-likeness (QED) is 0.663. The van der Waals surface area contributed by atoms with Crippen molar-refractivity contribution in [2.45, 2.75) is 12.5 Å². The Morgan fingerprint density at radius 3 is 2.81 bits per heavy atom. The van der Waals surface area contributed by atoms with E-state index >= 15 is 0 Å². The number of rotatable bonds is 5. The molecule has 1 rings (SSSR count). The Labute approximate surface area is 102 Å². The van der Waals surface area contributed by atoms with E-state index in [0.717, 1.165) is 5.56 Å². The van der Waals surface area contributed by atoms with Crippen molar-refractivity contribution >= 4 is 21.6 Å². The Kier molecular flexibility index (Phi) is 4.85. The fraction of sp³-hybridized carbons (Fsp3) is 0.400. The first-order valence-corrected chi connectivity index (χ1v) is 5.51. The van der Waals surface area contributed by atoms with Crippen LogP contribution in [0, 0.1) is 10.1 Å². The first-order valence-electron chi connectivity index (χ1n) is 4.72. The second-order valence-corrected chi connectivity index (χ2v) is 4.31. The van der Waals surface area contributed by atoms with E-state index in [1.54, 1.807) is 13.2 Å². The van der Waals surface area contributed by atoms with Crippen molar-refractivity contribution in [2.75, 3.05) is 13.7 Å². The van der Waals surface area contributed by atoms with Crippen LogP contribution in [0.3, 0.4) is 0 Å². The number of halogens is 1. The predicted molar refractivity (Wildman–Crippen MR) is 64.4 cm³/mol. The van der Waals surface area contributed by atoms with Crippen molar-refractivity contribution in [3.05, 3.63) is 38.3 Å². The molecule has 0 heterocycles. The van der Waals surface area contributed by atoms with Gasteiger partial charge in [0.05, 0.1) is 11.5 Å². The summed E-state index contributed by atoms with van der Waals surface area (Å²) in [7, 11) is 1.59. The number of ether oxygens (including phenoxy) is 1. The van der Waals surface area contributed by atoms with Crippen molar-refractivity contribution in [2.24, 2.45) is 5.73 Å². The smallest absolute Gasteiger partial charge is 0.270 e. The van der Waals surface area contributed by atoms with Gasteiger partial charge in [-0.3, -0.25) is 10.1 Å². The molecule has 0 aliphatic heterocycles. The standard InChI is InChI=1S/C10H13BrN2O3/c1-16-6-8(12)4-7-2-3-9(13(14)15)5-10(7)11/h2-3,5,8H,4,6,12H2,1H3. The number of hydrogen-bond acceptors (Lipinski definition) is 4. The molecule has 1 atom stereocenters. The Morgan fingerprint density at radius 1 is 1.62 bits per heavy atom. The maximum absolute atomic E-state index is 10.5. The molecule has 0 fully saturated rings. The van der Waals surface area contributed by atoms with Crippen LogP contribution in [0.25, 0.3) is 0 Å². The van der Waals surface area contributed by atoms with E-state index in [0.29, 0.717) is 17.5 Å². The predicted octanol–water partition coefficient (Wildman–Crippen LogP) is 1.87. The zero-order valence-electron chi connectivity index (χ0n) is 8.85. The van der Waals surface area contributed by atoms with Gasteiger partial charge in [-0.2, -0.15) is 0 Å². The minimum atomic E-state index is -0.427. The van der Waals surface area contributed by atoms with Crippen LogP contribution in [0.4, 0.5) is 5.69 Å². The highest BCUT2D eigenvalue weighted by atomic mass is 79.9. The molecule has 1 unspecified atom stereocenters. The molecule has 0 spiro atoms. The van der Waals surface area contributed by atoms with E-state index in [2.05, 4.69) is 15.9 Å². The first-order chi connectivity index (χ1) is 7.54. The van der Waals surface area contributed by atoms with Crippen LogP contribution >= 0.6 is 15.9 Å². The normalized spacial score (nSPS) is 12.4. The van der Waals surface area contributed by atoms with E-state index in [1.165, 1.54) is 12.1 Å². The minimum Gasteiger partial charge on any atom is -0.383 e. The van der Waals surface area contributed by atoms with Gasteiger partial charge in [-0.1, -0.05) is 22.0 Å². The van der Waals surface area contributed by atoms with Crippen LogP contribution in [0.1, 0.15) is 5.56 Å². The summed E-state index contributed by atoms with van der Waals surface area (Å²) in [5.74, 6) is 0. The number of nitro groups is 1. The molecule has 0 aromatic heterocycles. The number of non-ortho nitro benzene ring substituents is 1. The second kappa shape index (κ2) is 5.93. The molecule has 6 heteroatoms. The van der Waals surface area contributed by atoms with Gasteiger partial charge in [-0.15, -0.1) is 0 Å². The minimum absolute atomic E-state index is 0.0657. The zero-order valence-corrected chi connectivity index (χ0v) is 10.4. The van der Waals surface area contributed by atoms with E-state index < -0.39 is 4.92 Å². The molecule has 5 nitrogen and oxygen atoms in total. The van der Waals surface area contributed by atoms with Gasteiger partial charge in [0.2, 0.25) is 0 Å². The summed E-state index contributed by atoms with van der Waals surface area (Å²) in [5.41, 5.74) is 6.81. The lowest BCUT2D eigenvalue weighted by molar-refractivity contribution is -0.384. The third-order valence-electron chi connectivity index (χ3n) is 2.11. The summed E-state index contributed by atoms with van der Waals surface area (Å²) in [4.78, 5) is 10.1. The summed E-state index contributed by atoms with van der Waals surface area (Å²) >= 11 is 3.29. The highest BCUT2D eigenvalue weighted by molar-refractivity contribution is 9.10. The van der Waals surface area contributed by atoms with Crippen molar-refractivity contribution in [1.82, 2.24) is 0 Å². The Balaban J connectivity index is 2.79. The van der Waals surface area contributed by atoms with Gasteiger partial charge in [0.1, 0.15) is 0 Å². The summed E-state index contributed by atoms with van der Waals surface area (Å²) < 4.78 is 5.63. The lowest BCUT2D eigenvalue weighted by Gasteiger charge is -2.11. The largest absolute Gasteiger partial charge is 0.383 e. The molecule has 1 aromatic rings. The van der Waals surface area contributed by atoms with Crippen molar-refractivity contribution in [1.29, 1.82) is 0 Å². The maximum Gasteiger partial charge on any atom is 0.270 e. The summed E-state index contributed by atoms with van der Waals surface area (Å²) in [5, 5.41) is 10.5. The number of hydrogen-bond donors (Lipinski definition) is 1. The highest BCUT2D eigenvalue weighted by Gasteiger charge is 2.11. The van der Waals surface area contributed by atoms with E-state index in [4.69, 9.17) is 10.5 Å². The molecule has 88 valence electrons. The fourth-order valence-electron chi connectivity index (χ4n) is 1.37. The van der Waals surface area contributed by atoms with Gasteiger partial charge in [0.15, 0.2) is 0 Å². The van der Waals surface area contributed by atoms with E-state index in [-0.39, 0.29) is 11.7 Å². The molecular weight excluding hydrogens is 276 g/mol. The van der Waals surface area contributed by atoms with E-state index in [1.807, 2.05) is 0 Å². The molecular formula is C10H13BrN2O3. The van der Waals surface area contributed by atoms with Gasteiger partial charge in [-0.25, -0.2) is 0 Å². The van der Waals surface area contributed by atoms with Gasteiger partial charge in [0, 0.05) is 29.8 Å². The maximum atomic E-state index is 10.5. The lowest BCUT2D eigenvalue weighted by Crippen LogP contribution is -2.28. The first kappa shape index (κ1) is 13.1. The Morgan fingerprint density at radius 2 is 2.31 bits per heavy atom. The molecule has 0 saturated carbocycles. The number of benzene rings is 1. The molecule has 0 radical (unpaired) electrons. The van der Waals surface area contributed by atoms with Crippen LogP contribution in [-0.2, 0) is 11.2 Å². The van der Waals surface area contributed by atoms with Crippen LogP contribution in [0.2, 0.25) is 0 Å². The van der Waals surface area contributed by atoms with Crippen LogP contribution in [0.5, 0.6) is 0 Å².